The Morgan fingerprint density at radius 3 is 2.06 bits per heavy atom. The number of guanidine groups is 1. The summed E-state index contributed by atoms with van der Waals surface area (Å²) >= 11 is 0. The number of quaternary nitrogens is 2. The van der Waals surface area contributed by atoms with Gasteiger partial charge in [-0.05, 0) is 0 Å². The van der Waals surface area contributed by atoms with E-state index in [2.05, 4.69) is 7.05 Å². The van der Waals surface area contributed by atoms with Crippen LogP contribution in [0.5, 0.6) is 0 Å². The lowest BCUT2D eigenvalue weighted by Gasteiger charge is -2.60. The third-order valence-corrected chi connectivity index (χ3v) is 5.23. The van der Waals surface area contributed by atoms with Crippen LogP contribution in [0.3, 0.4) is 0 Å². The first kappa shape index (κ1) is 10.4. The van der Waals surface area contributed by atoms with Gasteiger partial charge in [-0.3, -0.25) is 5.41 Å². The van der Waals surface area contributed by atoms with Gasteiger partial charge in [0, 0.05) is 0 Å². The van der Waals surface area contributed by atoms with Crippen molar-refractivity contribution in [3.05, 3.63) is 0 Å². The van der Waals surface area contributed by atoms with Crippen LogP contribution in [-0.4, -0.2) is 85.3 Å². The third-order valence-electron chi connectivity index (χ3n) is 5.23. The fourth-order valence-corrected chi connectivity index (χ4v) is 3.54. The van der Waals surface area contributed by atoms with E-state index in [1.807, 2.05) is 4.90 Å². The second-order valence-corrected chi connectivity index (χ2v) is 6.12. The van der Waals surface area contributed by atoms with E-state index in [1.54, 1.807) is 0 Å². The molecule has 5 nitrogen and oxygen atoms in total. The monoisotopic (exact) mass is 225 g/mol. The number of likely N-dealkylation sites (N-methyl/N-ethyl adjacent to an activating group) is 1. The number of hydrogen-bond donors (Lipinski definition) is 2. The van der Waals surface area contributed by atoms with Crippen molar-refractivity contribution in [2.45, 2.75) is 6.04 Å². The van der Waals surface area contributed by atoms with E-state index in [-0.39, 0.29) is 5.96 Å². The molecule has 0 unspecified atom stereocenters. The predicted molar refractivity (Wildman–Crippen MR) is 62.9 cm³/mol. The van der Waals surface area contributed by atoms with Crippen molar-refractivity contribution in [1.29, 1.82) is 5.41 Å². The van der Waals surface area contributed by atoms with Gasteiger partial charge >= 0.3 is 0 Å². The first-order valence-corrected chi connectivity index (χ1v) is 6.31. The van der Waals surface area contributed by atoms with Crippen molar-refractivity contribution in [3.63, 3.8) is 0 Å². The van der Waals surface area contributed by atoms with Crippen LogP contribution in [0.15, 0.2) is 0 Å². The molecule has 0 aromatic rings. The third kappa shape index (κ3) is 1.34. The highest BCUT2D eigenvalue weighted by Gasteiger charge is 2.54. The lowest BCUT2D eigenvalue weighted by Crippen LogP contribution is -2.81. The SMILES string of the molecule is C[N+]12CC[N+](C3CN(C(=N)N)C3)(CC1)CC2. The summed E-state index contributed by atoms with van der Waals surface area (Å²) in [6.45, 7) is 10.1. The maximum Gasteiger partial charge on any atom is 0.188 e. The summed E-state index contributed by atoms with van der Waals surface area (Å²) in [6.07, 6.45) is 0. The fraction of sp³-hybridized carbons (Fsp3) is 0.909. The predicted octanol–water partition coefficient (Wildman–Crippen LogP) is -1.15. The van der Waals surface area contributed by atoms with Crippen molar-refractivity contribution >= 4 is 5.96 Å². The lowest BCUT2D eigenvalue weighted by molar-refractivity contribution is -1.08. The standard InChI is InChI=1S/C11H23N5/c1-15-2-5-16(6-3-15,7-4-15)10-8-14(9-10)11(12)13/h10H,2-9H2,1H3,(H3,12,13)/q+2. The highest BCUT2D eigenvalue weighted by atomic mass is 15.6. The molecule has 4 aliphatic heterocycles. The van der Waals surface area contributed by atoms with Gasteiger partial charge in [-0.15, -0.1) is 0 Å². The van der Waals surface area contributed by atoms with E-state index in [4.69, 9.17) is 11.1 Å². The Kier molecular flexibility index (Phi) is 2.01. The summed E-state index contributed by atoms with van der Waals surface area (Å²) in [5, 5.41) is 7.41. The normalized spacial score (nSPS) is 43.2. The van der Waals surface area contributed by atoms with Gasteiger partial charge in [0.15, 0.2) is 5.96 Å². The molecule has 4 heterocycles. The summed E-state index contributed by atoms with van der Waals surface area (Å²) in [4.78, 5) is 1.99. The molecule has 0 radical (unpaired) electrons. The van der Waals surface area contributed by atoms with Crippen LogP contribution >= 0.6 is 0 Å². The van der Waals surface area contributed by atoms with Crippen LogP contribution in [0.25, 0.3) is 0 Å². The highest BCUT2D eigenvalue weighted by Crippen LogP contribution is 2.31. The minimum Gasteiger partial charge on any atom is -0.370 e. The zero-order chi connectivity index (χ0) is 11.4. The van der Waals surface area contributed by atoms with Gasteiger partial charge in [0.05, 0.1) is 20.1 Å². The molecule has 0 saturated carbocycles. The second kappa shape index (κ2) is 3.11. The fourth-order valence-electron chi connectivity index (χ4n) is 3.54. The average Bonchev–Trinajstić information content (AvgIpc) is 2.17. The number of fused-ring (bicyclic) bond motifs is 3. The van der Waals surface area contributed by atoms with Crippen LogP contribution < -0.4 is 5.73 Å². The molecule has 2 bridgehead atoms. The maximum atomic E-state index is 7.41. The summed E-state index contributed by atoms with van der Waals surface area (Å²) in [7, 11) is 2.40. The molecule has 4 fully saturated rings. The Bertz CT molecular complexity index is 296. The van der Waals surface area contributed by atoms with Crippen molar-refractivity contribution in [1.82, 2.24) is 4.90 Å². The van der Waals surface area contributed by atoms with Gasteiger partial charge in [-0.1, -0.05) is 0 Å². The molecule has 0 spiro atoms. The van der Waals surface area contributed by atoms with Crippen molar-refractivity contribution in [3.8, 4) is 0 Å². The van der Waals surface area contributed by atoms with Crippen molar-refractivity contribution in [2.75, 3.05) is 59.4 Å². The summed E-state index contributed by atoms with van der Waals surface area (Å²) in [6, 6.07) is 0.748. The maximum absolute atomic E-state index is 7.41. The van der Waals surface area contributed by atoms with Crippen LogP contribution in [0.1, 0.15) is 0 Å². The molecule has 4 saturated heterocycles. The first-order chi connectivity index (χ1) is 7.53. The molecule has 0 amide bonds. The minimum atomic E-state index is 0.254. The Morgan fingerprint density at radius 2 is 1.62 bits per heavy atom. The molecule has 0 aromatic heterocycles. The Labute approximate surface area is 97.1 Å². The van der Waals surface area contributed by atoms with E-state index >= 15 is 0 Å². The summed E-state index contributed by atoms with van der Waals surface area (Å²) in [5.41, 5.74) is 5.50. The summed E-state index contributed by atoms with van der Waals surface area (Å²) in [5.74, 6) is 0.254. The van der Waals surface area contributed by atoms with Gasteiger partial charge in [0.1, 0.15) is 45.3 Å². The smallest absolute Gasteiger partial charge is 0.188 e. The Balaban J connectivity index is 1.66. The molecule has 3 N–H and O–H groups in total. The number of hydrogen-bond acceptors (Lipinski definition) is 1. The van der Waals surface area contributed by atoms with Gasteiger partial charge < -0.3 is 19.6 Å². The molecular weight excluding hydrogens is 202 g/mol. The van der Waals surface area contributed by atoms with E-state index in [1.165, 1.54) is 48.2 Å². The van der Waals surface area contributed by atoms with Crippen LogP contribution in [-0.2, 0) is 0 Å². The van der Waals surface area contributed by atoms with Gasteiger partial charge in [-0.25, -0.2) is 0 Å². The van der Waals surface area contributed by atoms with Crippen LogP contribution in [0, 0.1) is 5.41 Å². The second-order valence-electron chi connectivity index (χ2n) is 6.12. The average molecular weight is 225 g/mol. The molecule has 16 heavy (non-hydrogen) atoms. The van der Waals surface area contributed by atoms with Crippen LogP contribution in [0.2, 0.25) is 0 Å². The van der Waals surface area contributed by atoms with Gasteiger partial charge in [0.25, 0.3) is 0 Å². The van der Waals surface area contributed by atoms with Crippen molar-refractivity contribution < 1.29 is 8.97 Å². The largest absolute Gasteiger partial charge is 0.370 e. The van der Waals surface area contributed by atoms with Crippen molar-refractivity contribution in [2.24, 2.45) is 5.73 Å². The number of piperazine rings is 3. The topological polar surface area (TPSA) is 53.1 Å². The molecular formula is C11H23N5+2. The van der Waals surface area contributed by atoms with Gasteiger partial charge in [-0.2, -0.15) is 0 Å². The summed E-state index contributed by atoms with van der Waals surface area (Å²) < 4.78 is 2.61. The van der Waals surface area contributed by atoms with Gasteiger partial charge in [0.2, 0.25) is 0 Å². The Morgan fingerprint density at radius 1 is 1.12 bits per heavy atom. The zero-order valence-corrected chi connectivity index (χ0v) is 10.2. The number of likely N-dealkylation sites (tertiary alicyclic amines) is 1. The number of nitrogens with one attached hydrogen (secondary N) is 1. The molecule has 4 aliphatic rings. The van der Waals surface area contributed by atoms with Crippen LogP contribution in [0.4, 0.5) is 0 Å². The number of nitrogens with two attached hydrogens (primary N) is 1. The first-order valence-electron chi connectivity index (χ1n) is 6.31. The number of rotatable bonds is 1. The van der Waals surface area contributed by atoms with E-state index in [0.29, 0.717) is 0 Å². The molecule has 0 aliphatic carbocycles. The molecule has 5 heteroatoms. The minimum absolute atomic E-state index is 0.254. The quantitative estimate of drug-likeness (QED) is 0.336. The Hall–Kier alpha value is -0.810. The van der Waals surface area contributed by atoms with E-state index in [0.717, 1.165) is 19.1 Å². The van der Waals surface area contributed by atoms with E-state index in [9.17, 15) is 0 Å². The lowest BCUT2D eigenvalue weighted by atomic mass is 9.98. The molecule has 4 rings (SSSR count). The number of nitrogens with zero attached hydrogens (tertiary/aromatic N) is 3. The molecule has 0 atom stereocenters. The van der Waals surface area contributed by atoms with E-state index < -0.39 is 0 Å². The zero-order valence-electron chi connectivity index (χ0n) is 10.2. The highest BCUT2D eigenvalue weighted by molar-refractivity contribution is 5.75. The molecule has 0 aromatic carbocycles. The molecule has 90 valence electrons.